The predicted octanol–water partition coefficient (Wildman–Crippen LogP) is 4.41. The fraction of sp³-hybridized carbons (Fsp3) is 0.458. The first-order chi connectivity index (χ1) is 15.2. The van der Waals surface area contributed by atoms with Gasteiger partial charge in [0.15, 0.2) is 0 Å². The normalized spacial score (nSPS) is 24.0. The average molecular weight is 458 g/mol. The van der Waals surface area contributed by atoms with Gasteiger partial charge in [0.2, 0.25) is 5.91 Å². The minimum atomic E-state index is -1.03. The number of aliphatic carboxylic acids is 1. The molecule has 1 amide bonds. The number of carbonyl (C=O) groups excluding carboxylic acids is 2. The van der Waals surface area contributed by atoms with Crippen LogP contribution in [0.1, 0.15) is 47.5 Å². The standard InChI is InChI=1S/C24H27NO6S/c1-11(2)30-24(29)20-17(14-7-5-12(3)6-8-14)13(4)32-22(20)25-21(26)18-15-9-10-16(31-15)19(18)23(27)28/h5-8,11,15-16,18-19H,9-10H2,1-4H3,(H,25,26)(H,27,28)/t15-,16-,18-,19-/m0/s1. The van der Waals surface area contributed by atoms with Crippen molar-refractivity contribution >= 4 is 34.2 Å². The molecule has 0 saturated carbocycles. The van der Waals surface area contributed by atoms with Crippen LogP contribution in [-0.2, 0) is 19.1 Å². The first kappa shape index (κ1) is 22.5. The molecule has 2 aliphatic rings. The second-order valence-corrected chi connectivity index (χ2v) is 9.95. The Morgan fingerprint density at radius 1 is 1.09 bits per heavy atom. The third-order valence-electron chi connectivity index (χ3n) is 6.07. The second-order valence-electron chi connectivity index (χ2n) is 8.73. The number of benzene rings is 1. The molecule has 170 valence electrons. The van der Waals surface area contributed by atoms with E-state index in [9.17, 15) is 19.5 Å². The third-order valence-corrected chi connectivity index (χ3v) is 7.09. The zero-order valence-corrected chi connectivity index (χ0v) is 19.3. The van der Waals surface area contributed by atoms with E-state index in [1.54, 1.807) is 13.8 Å². The highest BCUT2D eigenvalue weighted by molar-refractivity contribution is 7.17. The van der Waals surface area contributed by atoms with E-state index in [1.807, 2.05) is 38.1 Å². The maximum Gasteiger partial charge on any atom is 0.342 e. The van der Waals surface area contributed by atoms with Crippen molar-refractivity contribution in [1.29, 1.82) is 0 Å². The van der Waals surface area contributed by atoms with Gasteiger partial charge in [-0.05, 0) is 46.1 Å². The van der Waals surface area contributed by atoms with Crippen LogP contribution in [0, 0.1) is 25.7 Å². The Hall–Kier alpha value is -2.71. The van der Waals surface area contributed by atoms with E-state index in [-0.39, 0.29) is 6.10 Å². The zero-order valence-electron chi connectivity index (χ0n) is 18.5. The zero-order chi connectivity index (χ0) is 23.2. The van der Waals surface area contributed by atoms with Crippen LogP contribution in [0.25, 0.3) is 11.1 Å². The van der Waals surface area contributed by atoms with Crippen molar-refractivity contribution in [2.75, 3.05) is 5.32 Å². The number of thiophene rings is 1. The predicted molar refractivity (Wildman–Crippen MR) is 121 cm³/mol. The minimum Gasteiger partial charge on any atom is -0.481 e. The lowest BCUT2D eigenvalue weighted by Gasteiger charge is -2.23. The number of carbonyl (C=O) groups is 3. The molecule has 2 fully saturated rings. The van der Waals surface area contributed by atoms with Crippen molar-refractivity contribution in [1.82, 2.24) is 0 Å². The number of hydrogen-bond donors (Lipinski definition) is 2. The molecule has 4 atom stereocenters. The molecular weight excluding hydrogens is 430 g/mol. The van der Waals surface area contributed by atoms with Crippen LogP contribution < -0.4 is 5.32 Å². The molecule has 2 saturated heterocycles. The summed E-state index contributed by atoms with van der Waals surface area (Å²) in [5, 5.41) is 12.9. The number of ether oxygens (including phenoxy) is 2. The Kier molecular flexibility index (Phi) is 6.09. The molecule has 32 heavy (non-hydrogen) atoms. The van der Waals surface area contributed by atoms with Crippen LogP contribution in [-0.4, -0.2) is 41.3 Å². The summed E-state index contributed by atoms with van der Waals surface area (Å²) in [4.78, 5) is 38.9. The monoisotopic (exact) mass is 457 g/mol. The summed E-state index contributed by atoms with van der Waals surface area (Å²) in [5.41, 5.74) is 2.97. The van der Waals surface area contributed by atoms with Crippen LogP contribution >= 0.6 is 11.3 Å². The van der Waals surface area contributed by atoms with E-state index < -0.39 is 41.9 Å². The van der Waals surface area contributed by atoms with Crippen molar-refractivity contribution in [2.24, 2.45) is 11.8 Å². The molecular formula is C24H27NO6S. The van der Waals surface area contributed by atoms with Crippen LogP contribution in [0.2, 0.25) is 0 Å². The molecule has 2 N–H and O–H groups in total. The van der Waals surface area contributed by atoms with Crippen LogP contribution in [0.5, 0.6) is 0 Å². The molecule has 2 bridgehead atoms. The molecule has 1 aromatic carbocycles. The summed E-state index contributed by atoms with van der Waals surface area (Å²) in [6.07, 6.45) is 0.129. The Balaban J connectivity index is 1.71. The fourth-order valence-corrected chi connectivity index (χ4v) is 5.76. The first-order valence-corrected chi connectivity index (χ1v) is 11.6. The van der Waals surface area contributed by atoms with E-state index in [4.69, 9.17) is 9.47 Å². The average Bonchev–Trinajstić information content (AvgIpc) is 3.41. The minimum absolute atomic E-state index is 0.300. The lowest BCUT2D eigenvalue weighted by molar-refractivity contribution is -0.147. The molecule has 8 heteroatoms. The number of amides is 1. The van der Waals surface area contributed by atoms with E-state index in [0.29, 0.717) is 23.4 Å². The van der Waals surface area contributed by atoms with Gasteiger partial charge in [-0.3, -0.25) is 9.59 Å². The molecule has 2 aromatic rings. The lowest BCUT2D eigenvalue weighted by atomic mass is 9.78. The largest absolute Gasteiger partial charge is 0.481 e. The summed E-state index contributed by atoms with van der Waals surface area (Å²) in [7, 11) is 0. The summed E-state index contributed by atoms with van der Waals surface area (Å²) < 4.78 is 11.2. The molecule has 4 rings (SSSR count). The number of esters is 1. The SMILES string of the molecule is Cc1ccc(-c2c(C)sc(NC(=O)[C@@H]3[C@@H](C(=O)O)[C@@H]4CC[C@@H]3O4)c2C(=O)OC(C)C)cc1. The molecule has 0 unspecified atom stereocenters. The molecule has 0 aliphatic carbocycles. The van der Waals surface area contributed by atoms with Gasteiger partial charge < -0.3 is 19.9 Å². The maximum atomic E-state index is 13.2. The number of rotatable bonds is 6. The number of hydrogen-bond acceptors (Lipinski definition) is 6. The number of aryl methyl sites for hydroxylation is 2. The number of carboxylic acid groups (broad SMARTS) is 1. The van der Waals surface area contributed by atoms with Crippen molar-refractivity contribution in [3.8, 4) is 11.1 Å². The first-order valence-electron chi connectivity index (χ1n) is 10.8. The van der Waals surface area contributed by atoms with Gasteiger partial charge in [-0.15, -0.1) is 11.3 Å². The summed E-state index contributed by atoms with van der Waals surface area (Å²) >= 11 is 1.29. The van der Waals surface area contributed by atoms with Gasteiger partial charge in [-0.25, -0.2) is 4.79 Å². The van der Waals surface area contributed by atoms with E-state index in [0.717, 1.165) is 21.6 Å². The third kappa shape index (κ3) is 4.04. The highest BCUT2D eigenvalue weighted by atomic mass is 32.1. The van der Waals surface area contributed by atoms with E-state index in [2.05, 4.69) is 5.32 Å². The van der Waals surface area contributed by atoms with Gasteiger partial charge in [-0.2, -0.15) is 0 Å². The molecule has 0 spiro atoms. The topological polar surface area (TPSA) is 102 Å². The van der Waals surface area contributed by atoms with Gasteiger partial charge >= 0.3 is 11.9 Å². The highest BCUT2D eigenvalue weighted by Gasteiger charge is 2.55. The van der Waals surface area contributed by atoms with Crippen molar-refractivity contribution in [3.05, 3.63) is 40.3 Å². The van der Waals surface area contributed by atoms with Crippen molar-refractivity contribution in [3.63, 3.8) is 0 Å². The van der Waals surface area contributed by atoms with Gasteiger partial charge in [0.25, 0.3) is 0 Å². The number of anilines is 1. The van der Waals surface area contributed by atoms with Gasteiger partial charge in [0.1, 0.15) is 10.6 Å². The number of fused-ring (bicyclic) bond motifs is 2. The fourth-order valence-electron chi connectivity index (χ4n) is 4.69. The molecule has 7 nitrogen and oxygen atoms in total. The van der Waals surface area contributed by atoms with Crippen molar-refractivity contribution < 1.29 is 29.0 Å². The molecule has 0 radical (unpaired) electrons. The Morgan fingerprint density at radius 3 is 2.31 bits per heavy atom. The van der Waals surface area contributed by atoms with Gasteiger partial charge in [0.05, 0.1) is 30.1 Å². The second kappa shape index (κ2) is 8.67. The highest BCUT2D eigenvalue weighted by Crippen LogP contribution is 2.45. The van der Waals surface area contributed by atoms with Gasteiger partial charge in [0, 0.05) is 10.4 Å². The summed E-state index contributed by atoms with van der Waals surface area (Å²) in [5.74, 6) is -3.64. The molecule has 1 aromatic heterocycles. The quantitative estimate of drug-likeness (QED) is 0.623. The van der Waals surface area contributed by atoms with Crippen LogP contribution in [0.4, 0.5) is 5.00 Å². The number of carboxylic acids is 1. The summed E-state index contributed by atoms with van der Waals surface area (Å²) in [6.45, 7) is 7.42. The van der Waals surface area contributed by atoms with E-state index >= 15 is 0 Å². The lowest BCUT2D eigenvalue weighted by Crippen LogP contribution is -2.41. The smallest absolute Gasteiger partial charge is 0.342 e. The van der Waals surface area contributed by atoms with Crippen LogP contribution in [0.3, 0.4) is 0 Å². The summed E-state index contributed by atoms with van der Waals surface area (Å²) in [6, 6.07) is 7.80. The number of nitrogens with one attached hydrogen (secondary N) is 1. The Bertz CT molecular complexity index is 1060. The van der Waals surface area contributed by atoms with Gasteiger partial charge in [-0.1, -0.05) is 29.8 Å². The Labute approximate surface area is 190 Å². The maximum absolute atomic E-state index is 13.2. The van der Waals surface area contributed by atoms with Crippen LogP contribution in [0.15, 0.2) is 24.3 Å². The molecule has 3 heterocycles. The Morgan fingerprint density at radius 2 is 1.72 bits per heavy atom. The molecule has 2 aliphatic heterocycles. The van der Waals surface area contributed by atoms with Crippen molar-refractivity contribution in [2.45, 2.75) is 58.8 Å². The van der Waals surface area contributed by atoms with E-state index in [1.165, 1.54) is 11.3 Å².